The lowest BCUT2D eigenvalue weighted by atomic mass is 10.0. The van der Waals surface area contributed by atoms with Crippen LogP contribution in [0.2, 0.25) is 0 Å². The summed E-state index contributed by atoms with van der Waals surface area (Å²) < 4.78 is 16.0. The third kappa shape index (κ3) is 3.47. The number of ether oxygens (including phenoxy) is 3. The molecule has 0 radical (unpaired) electrons. The number of amides is 1. The lowest BCUT2D eigenvalue weighted by Crippen LogP contribution is -2.33. The van der Waals surface area contributed by atoms with Crippen molar-refractivity contribution in [2.24, 2.45) is 0 Å². The number of carbonyl (C=O) groups is 1. The summed E-state index contributed by atoms with van der Waals surface area (Å²) in [6.07, 6.45) is 1.92. The van der Waals surface area contributed by atoms with Crippen LogP contribution in [0.15, 0.2) is 18.2 Å². The number of nitrogens with zero attached hydrogens (tertiary/aromatic N) is 1. The summed E-state index contributed by atoms with van der Waals surface area (Å²) in [6, 6.07) is 5.74. The first-order valence-electron chi connectivity index (χ1n) is 7.30. The van der Waals surface area contributed by atoms with Gasteiger partial charge in [0.2, 0.25) is 5.91 Å². The third-order valence-electron chi connectivity index (χ3n) is 3.80. The average molecular weight is 293 g/mol. The second-order valence-corrected chi connectivity index (χ2v) is 4.99. The van der Waals surface area contributed by atoms with Gasteiger partial charge >= 0.3 is 0 Å². The molecule has 1 aliphatic heterocycles. The Kier molecular flexibility index (Phi) is 5.44. The van der Waals surface area contributed by atoms with Crippen LogP contribution in [0.25, 0.3) is 0 Å². The van der Waals surface area contributed by atoms with Crippen LogP contribution < -0.4 is 9.47 Å². The molecule has 1 fully saturated rings. The first-order chi connectivity index (χ1) is 10.2. The van der Waals surface area contributed by atoms with Crippen LogP contribution in [0, 0.1) is 0 Å². The summed E-state index contributed by atoms with van der Waals surface area (Å²) in [7, 11) is 3.28. The third-order valence-corrected chi connectivity index (χ3v) is 3.80. The largest absolute Gasteiger partial charge is 0.497 e. The van der Waals surface area contributed by atoms with Crippen LogP contribution in [-0.2, 0) is 9.53 Å². The van der Waals surface area contributed by atoms with E-state index in [0.717, 1.165) is 36.4 Å². The SMILES string of the molecule is CCOCC(=O)N1CCCC1c1cc(OC)ccc1OC. The second kappa shape index (κ2) is 7.31. The van der Waals surface area contributed by atoms with Crippen molar-refractivity contribution in [3.63, 3.8) is 0 Å². The summed E-state index contributed by atoms with van der Waals surface area (Å²) in [5.74, 6) is 1.59. The molecule has 5 heteroatoms. The Morgan fingerprint density at radius 3 is 2.81 bits per heavy atom. The van der Waals surface area contributed by atoms with Gasteiger partial charge in [-0.25, -0.2) is 0 Å². The van der Waals surface area contributed by atoms with E-state index in [9.17, 15) is 4.79 Å². The first-order valence-corrected chi connectivity index (χ1v) is 7.30. The van der Waals surface area contributed by atoms with Crippen molar-refractivity contribution < 1.29 is 19.0 Å². The van der Waals surface area contributed by atoms with Gasteiger partial charge in [-0.1, -0.05) is 0 Å². The van der Waals surface area contributed by atoms with Gasteiger partial charge in [0, 0.05) is 18.7 Å². The Hall–Kier alpha value is -1.75. The number of hydrogen-bond acceptors (Lipinski definition) is 4. The highest BCUT2D eigenvalue weighted by Gasteiger charge is 2.32. The van der Waals surface area contributed by atoms with Gasteiger partial charge in [0.05, 0.1) is 20.3 Å². The normalized spacial score (nSPS) is 17.9. The number of carbonyl (C=O) groups excluding carboxylic acids is 1. The van der Waals surface area contributed by atoms with Gasteiger partial charge in [0.25, 0.3) is 0 Å². The van der Waals surface area contributed by atoms with Gasteiger partial charge < -0.3 is 19.1 Å². The molecule has 5 nitrogen and oxygen atoms in total. The Bertz CT molecular complexity index is 489. The molecular weight excluding hydrogens is 270 g/mol. The molecule has 0 bridgehead atoms. The Morgan fingerprint density at radius 1 is 1.33 bits per heavy atom. The first kappa shape index (κ1) is 15.6. The zero-order chi connectivity index (χ0) is 15.2. The van der Waals surface area contributed by atoms with Crippen LogP contribution in [0.4, 0.5) is 0 Å². The number of hydrogen-bond donors (Lipinski definition) is 0. The van der Waals surface area contributed by atoms with Gasteiger partial charge in [-0.2, -0.15) is 0 Å². The van der Waals surface area contributed by atoms with Gasteiger partial charge in [-0.3, -0.25) is 4.79 Å². The van der Waals surface area contributed by atoms with Crippen molar-refractivity contribution in [3.05, 3.63) is 23.8 Å². The Morgan fingerprint density at radius 2 is 2.14 bits per heavy atom. The minimum absolute atomic E-state index is 0.0306. The van der Waals surface area contributed by atoms with Crippen LogP contribution in [0.5, 0.6) is 11.5 Å². The maximum atomic E-state index is 12.3. The van der Waals surface area contributed by atoms with E-state index in [1.165, 1.54) is 0 Å². The van der Waals surface area contributed by atoms with E-state index in [4.69, 9.17) is 14.2 Å². The molecule has 0 N–H and O–H groups in total. The lowest BCUT2D eigenvalue weighted by molar-refractivity contribution is -0.136. The highest BCUT2D eigenvalue weighted by molar-refractivity contribution is 5.78. The van der Waals surface area contributed by atoms with Crippen LogP contribution in [-0.4, -0.2) is 44.8 Å². The summed E-state index contributed by atoms with van der Waals surface area (Å²) in [5, 5.41) is 0. The van der Waals surface area contributed by atoms with Gasteiger partial charge in [-0.15, -0.1) is 0 Å². The number of likely N-dealkylation sites (tertiary alicyclic amines) is 1. The van der Waals surface area contributed by atoms with Crippen molar-refractivity contribution in [1.29, 1.82) is 0 Å². The van der Waals surface area contributed by atoms with E-state index in [1.54, 1.807) is 14.2 Å². The molecule has 0 saturated carbocycles. The smallest absolute Gasteiger partial charge is 0.249 e. The van der Waals surface area contributed by atoms with E-state index in [0.29, 0.717) is 6.61 Å². The molecule has 1 aromatic carbocycles. The topological polar surface area (TPSA) is 48.0 Å². The molecule has 1 amide bonds. The van der Waals surface area contributed by atoms with Crippen molar-refractivity contribution >= 4 is 5.91 Å². The molecule has 1 atom stereocenters. The molecule has 2 rings (SSSR count). The Labute approximate surface area is 125 Å². The van der Waals surface area contributed by atoms with Crippen molar-refractivity contribution in [1.82, 2.24) is 4.90 Å². The minimum Gasteiger partial charge on any atom is -0.497 e. The predicted molar refractivity (Wildman–Crippen MR) is 79.7 cm³/mol. The summed E-state index contributed by atoms with van der Waals surface area (Å²) >= 11 is 0. The number of methoxy groups -OCH3 is 2. The van der Waals surface area contributed by atoms with E-state index < -0.39 is 0 Å². The second-order valence-electron chi connectivity index (χ2n) is 4.99. The van der Waals surface area contributed by atoms with E-state index in [-0.39, 0.29) is 18.6 Å². The van der Waals surface area contributed by atoms with Crippen LogP contribution in [0.1, 0.15) is 31.4 Å². The fourth-order valence-corrected chi connectivity index (χ4v) is 2.76. The van der Waals surface area contributed by atoms with E-state index in [1.807, 2.05) is 30.0 Å². The van der Waals surface area contributed by atoms with Crippen molar-refractivity contribution in [2.75, 3.05) is 34.0 Å². The summed E-state index contributed by atoms with van der Waals surface area (Å²) in [6.45, 7) is 3.34. The molecule has 21 heavy (non-hydrogen) atoms. The molecule has 1 saturated heterocycles. The van der Waals surface area contributed by atoms with Gasteiger partial charge in [0.1, 0.15) is 18.1 Å². The Balaban J connectivity index is 2.24. The molecule has 1 heterocycles. The van der Waals surface area contributed by atoms with Gasteiger partial charge in [0.15, 0.2) is 0 Å². The molecular formula is C16H23NO4. The van der Waals surface area contributed by atoms with Crippen LogP contribution >= 0.6 is 0 Å². The highest BCUT2D eigenvalue weighted by atomic mass is 16.5. The minimum atomic E-state index is 0.0306. The number of rotatable bonds is 6. The maximum absolute atomic E-state index is 12.3. The summed E-state index contributed by atoms with van der Waals surface area (Å²) in [4.78, 5) is 14.2. The van der Waals surface area contributed by atoms with Gasteiger partial charge in [-0.05, 0) is 38.0 Å². The molecule has 0 aromatic heterocycles. The number of benzene rings is 1. The molecule has 1 aliphatic rings. The van der Waals surface area contributed by atoms with E-state index >= 15 is 0 Å². The van der Waals surface area contributed by atoms with Crippen LogP contribution in [0.3, 0.4) is 0 Å². The fourth-order valence-electron chi connectivity index (χ4n) is 2.76. The fraction of sp³-hybridized carbons (Fsp3) is 0.562. The molecule has 1 unspecified atom stereocenters. The molecule has 0 spiro atoms. The predicted octanol–water partition coefficient (Wildman–Crippen LogP) is 2.40. The monoisotopic (exact) mass is 293 g/mol. The van der Waals surface area contributed by atoms with Crippen molar-refractivity contribution in [2.45, 2.75) is 25.8 Å². The zero-order valence-corrected chi connectivity index (χ0v) is 12.9. The average Bonchev–Trinajstić information content (AvgIpc) is 3.01. The maximum Gasteiger partial charge on any atom is 0.249 e. The molecule has 116 valence electrons. The lowest BCUT2D eigenvalue weighted by Gasteiger charge is -2.26. The molecule has 1 aromatic rings. The quantitative estimate of drug-likeness (QED) is 0.808. The summed E-state index contributed by atoms with van der Waals surface area (Å²) in [5.41, 5.74) is 0.999. The highest BCUT2D eigenvalue weighted by Crippen LogP contribution is 2.38. The molecule has 0 aliphatic carbocycles. The van der Waals surface area contributed by atoms with Crippen molar-refractivity contribution in [3.8, 4) is 11.5 Å². The van der Waals surface area contributed by atoms with E-state index in [2.05, 4.69) is 0 Å². The zero-order valence-electron chi connectivity index (χ0n) is 12.9. The standard InChI is InChI=1S/C16H23NO4/c1-4-21-11-16(18)17-9-5-6-14(17)13-10-12(19-2)7-8-15(13)20-3/h7-8,10,14H,4-6,9,11H2,1-3H3.